The molecule has 0 aliphatic carbocycles. The van der Waals surface area contributed by atoms with E-state index in [-0.39, 0.29) is 0 Å². The van der Waals surface area contributed by atoms with E-state index in [9.17, 15) is 0 Å². The minimum atomic E-state index is 0.353. The normalized spacial score (nSPS) is 12.6. The Labute approximate surface area is 116 Å². The van der Waals surface area contributed by atoms with Gasteiger partial charge in [-0.2, -0.15) is 0 Å². The number of hydrogen-bond donors (Lipinski definition) is 1. The molecule has 2 aromatic rings. The fourth-order valence-corrected chi connectivity index (χ4v) is 2.35. The number of rotatable bonds is 5. The van der Waals surface area contributed by atoms with Crippen LogP contribution in [0.15, 0.2) is 41.1 Å². The van der Waals surface area contributed by atoms with E-state index < -0.39 is 0 Å². The molecular formula is C14H18BrN3. The SMILES string of the molecule is Cc1nccn1CCN[C@@H](C)c1cccc(Br)c1. The number of benzene rings is 1. The Morgan fingerprint density at radius 3 is 2.94 bits per heavy atom. The van der Waals surface area contributed by atoms with E-state index in [2.05, 4.69) is 55.9 Å². The third kappa shape index (κ3) is 3.43. The number of hydrogen-bond acceptors (Lipinski definition) is 2. The van der Waals surface area contributed by atoms with E-state index in [0.717, 1.165) is 23.4 Å². The summed E-state index contributed by atoms with van der Waals surface area (Å²) < 4.78 is 3.28. The highest BCUT2D eigenvalue weighted by Crippen LogP contribution is 2.17. The van der Waals surface area contributed by atoms with Gasteiger partial charge in [0.2, 0.25) is 0 Å². The summed E-state index contributed by atoms with van der Waals surface area (Å²) >= 11 is 3.50. The summed E-state index contributed by atoms with van der Waals surface area (Å²) in [6.07, 6.45) is 3.86. The van der Waals surface area contributed by atoms with Gasteiger partial charge in [-0.1, -0.05) is 28.1 Å². The summed E-state index contributed by atoms with van der Waals surface area (Å²) in [6, 6.07) is 8.76. The van der Waals surface area contributed by atoms with Gasteiger partial charge in [0.05, 0.1) is 0 Å². The first-order valence-electron chi connectivity index (χ1n) is 6.13. The van der Waals surface area contributed by atoms with Crippen LogP contribution in [-0.4, -0.2) is 16.1 Å². The largest absolute Gasteiger partial charge is 0.334 e. The molecule has 0 radical (unpaired) electrons. The first-order valence-corrected chi connectivity index (χ1v) is 6.92. The summed E-state index contributed by atoms with van der Waals surface area (Å²) in [7, 11) is 0. The van der Waals surface area contributed by atoms with Crippen molar-refractivity contribution >= 4 is 15.9 Å². The van der Waals surface area contributed by atoms with Crippen LogP contribution in [-0.2, 0) is 6.54 Å². The van der Waals surface area contributed by atoms with Crippen LogP contribution >= 0.6 is 15.9 Å². The van der Waals surface area contributed by atoms with E-state index in [1.54, 1.807) is 0 Å². The van der Waals surface area contributed by atoms with Crippen molar-refractivity contribution < 1.29 is 0 Å². The van der Waals surface area contributed by atoms with Crippen LogP contribution in [0.3, 0.4) is 0 Å². The van der Waals surface area contributed by atoms with E-state index in [1.807, 2.05) is 25.4 Å². The molecule has 1 aromatic carbocycles. The maximum Gasteiger partial charge on any atom is 0.105 e. The van der Waals surface area contributed by atoms with E-state index in [0.29, 0.717) is 6.04 Å². The second-order valence-electron chi connectivity index (χ2n) is 4.40. The minimum Gasteiger partial charge on any atom is -0.334 e. The lowest BCUT2D eigenvalue weighted by Gasteiger charge is -2.15. The first kappa shape index (κ1) is 13.3. The maximum atomic E-state index is 4.21. The molecule has 1 N–H and O–H groups in total. The zero-order chi connectivity index (χ0) is 13.0. The molecule has 1 aromatic heterocycles. The van der Waals surface area contributed by atoms with Crippen LogP contribution in [0.1, 0.15) is 24.4 Å². The average Bonchev–Trinajstić information content (AvgIpc) is 2.75. The van der Waals surface area contributed by atoms with E-state index in [4.69, 9.17) is 0 Å². The topological polar surface area (TPSA) is 29.9 Å². The third-order valence-electron chi connectivity index (χ3n) is 3.08. The number of aromatic nitrogens is 2. The summed E-state index contributed by atoms with van der Waals surface area (Å²) in [4.78, 5) is 4.21. The molecule has 0 aliphatic heterocycles. The van der Waals surface area contributed by atoms with Gasteiger partial charge in [-0.05, 0) is 31.5 Å². The molecule has 3 nitrogen and oxygen atoms in total. The van der Waals surface area contributed by atoms with E-state index >= 15 is 0 Å². The summed E-state index contributed by atoms with van der Waals surface area (Å²) in [6.45, 7) is 6.09. The van der Waals surface area contributed by atoms with Gasteiger partial charge in [0.25, 0.3) is 0 Å². The fraction of sp³-hybridized carbons (Fsp3) is 0.357. The molecular weight excluding hydrogens is 290 g/mol. The Hall–Kier alpha value is -1.13. The summed E-state index contributed by atoms with van der Waals surface area (Å²) in [5.41, 5.74) is 1.30. The highest BCUT2D eigenvalue weighted by Gasteiger charge is 2.05. The first-order chi connectivity index (χ1) is 8.66. The van der Waals surface area contributed by atoms with Crippen LogP contribution < -0.4 is 5.32 Å². The molecule has 0 bridgehead atoms. The highest BCUT2D eigenvalue weighted by molar-refractivity contribution is 9.10. The lowest BCUT2D eigenvalue weighted by atomic mass is 10.1. The van der Waals surface area contributed by atoms with Crippen molar-refractivity contribution in [2.75, 3.05) is 6.54 Å². The lowest BCUT2D eigenvalue weighted by molar-refractivity contribution is 0.526. The fourth-order valence-electron chi connectivity index (χ4n) is 1.94. The molecule has 0 aliphatic rings. The quantitative estimate of drug-likeness (QED) is 0.918. The number of nitrogens with one attached hydrogen (secondary N) is 1. The molecule has 0 unspecified atom stereocenters. The smallest absolute Gasteiger partial charge is 0.105 e. The van der Waals surface area contributed by atoms with Crippen molar-refractivity contribution in [1.82, 2.24) is 14.9 Å². The van der Waals surface area contributed by atoms with Gasteiger partial charge in [-0.15, -0.1) is 0 Å². The number of imidazole rings is 1. The third-order valence-corrected chi connectivity index (χ3v) is 3.57. The molecule has 0 spiro atoms. The van der Waals surface area contributed by atoms with Gasteiger partial charge in [0.15, 0.2) is 0 Å². The second kappa shape index (κ2) is 6.16. The van der Waals surface area contributed by atoms with Gasteiger partial charge >= 0.3 is 0 Å². The van der Waals surface area contributed by atoms with Crippen LogP contribution in [0.5, 0.6) is 0 Å². The number of aryl methyl sites for hydroxylation is 1. The van der Waals surface area contributed by atoms with Crippen molar-refractivity contribution in [3.8, 4) is 0 Å². The molecule has 2 rings (SSSR count). The summed E-state index contributed by atoms with van der Waals surface area (Å²) in [5, 5.41) is 3.52. The van der Waals surface area contributed by atoms with Crippen LogP contribution in [0.25, 0.3) is 0 Å². The number of halogens is 1. The Morgan fingerprint density at radius 1 is 1.44 bits per heavy atom. The highest BCUT2D eigenvalue weighted by atomic mass is 79.9. The lowest BCUT2D eigenvalue weighted by Crippen LogP contribution is -2.23. The molecule has 0 saturated heterocycles. The zero-order valence-electron chi connectivity index (χ0n) is 10.7. The Kier molecular flexibility index (Phi) is 4.55. The van der Waals surface area contributed by atoms with Crippen molar-refractivity contribution in [3.63, 3.8) is 0 Å². The monoisotopic (exact) mass is 307 g/mol. The Balaban J connectivity index is 1.85. The molecule has 0 amide bonds. The van der Waals surface area contributed by atoms with Gasteiger partial charge in [-0.3, -0.25) is 0 Å². The van der Waals surface area contributed by atoms with Crippen molar-refractivity contribution in [2.24, 2.45) is 0 Å². The maximum absolute atomic E-state index is 4.21. The Bertz CT molecular complexity index is 507. The molecule has 96 valence electrons. The van der Waals surface area contributed by atoms with Gasteiger partial charge in [0.1, 0.15) is 5.82 Å². The number of nitrogens with zero attached hydrogens (tertiary/aromatic N) is 2. The van der Waals surface area contributed by atoms with Crippen LogP contribution in [0.2, 0.25) is 0 Å². The second-order valence-corrected chi connectivity index (χ2v) is 5.31. The molecule has 1 heterocycles. The standard InChI is InChI=1S/C14H18BrN3/c1-11(13-4-3-5-14(15)10-13)16-6-8-18-9-7-17-12(18)2/h3-5,7,9-11,16H,6,8H2,1-2H3/t11-/m0/s1. The van der Waals surface area contributed by atoms with Gasteiger partial charge in [-0.25, -0.2) is 4.98 Å². The van der Waals surface area contributed by atoms with Crippen molar-refractivity contribution in [1.29, 1.82) is 0 Å². The molecule has 0 fully saturated rings. The molecule has 0 saturated carbocycles. The predicted octanol–water partition coefficient (Wildman–Crippen LogP) is 3.30. The van der Waals surface area contributed by atoms with E-state index in [1.165, 1.54) is 5.56 Å². The van der Waals surface area contributed by atoms with Crippen molar-refractivity contribution in [2.45, 2.75) is 26.4 Å². The summed E-state index contributed by atoms with van der Waals surface area (Å²) in [5.74, 6) is 1.06. The van der Waals surface area contributed by atoms with Crippen LogP contribution in [0, 0.1) is 6.92 Å². The van der Waals surface area contributed by atoms with Crippen molar-refractivity contribution in [3.05, 3.63) is 52.5 Å². The Morgan fingerprint density at radius 2 is 2.28 bits per heavy atom. The van der Waals surface area contributed by atoms with Gasteiger partial charge in [0, 0.05) is 36.0 Å². The molecule has 4 heteroatoms. The predicted molar refractivity (Wildman–Crippen MR) is 77.5 cm³/mol. The van der Waals surface area contributed by atoms with Gasteiger partial charge < -0.3 is 9.88 Å². The molecule has 18 heavy (non-hydrogen) atoms. The average molecular weight is 308 g/mol. The zero-order valence-corrected chi connectivity index (χ0v) is 12.3. The van der Waals surface area contributed by atoms with Crippen LogP contribution in [0.4, 0.5) is 0 Å². The minimum absolute atomic E-state index is 0.353. The molecule has 1 atom stereocenters.